The number of urea groups is 1. The molecule has 0 bridgehead atoms. The van der Waals surface area contributed by atoms with Crippen molar-refractivity contribution >= 4 is 98.9 Å². The Morgan fingerprint density at radius 2 is 1.43 bits per heavy atom. The number of nitrogens with zero attached hydrogens (tertiary/aromatic N) is 4. The van der Waals surface area contributed by atoms with Crippen molar-refractivity contribution in [3.8, 4) is 23.3 Å². The number of sulfonamides is 1. The van der Waals surface area contributed by atoms with Crippen molar-refractivity contribution in [3.05, 3.63) is 126 Å². The number of hydrogen-bond donors (Lipinski definition) is 7. The number of hydrogen-bond acceptors (Lipinski definition) is 17. The van der Waals surface area contributed by atoms with Crippen LogP contribution in [0.3, 0.4) is 0 Å². The van der Waals surface area contributed by atoms with E-state index in [1.807, 2.05) is 5.32 Å². The Kier molecular flexibility index (Phi) is 28.2. The number of ether oxygens (including phenoxy) is 3. The van der Waals surface area contributed by atoms with Crippen molar-refractivity contribution in [1.29, 1.82) is 0 Å². The molecule has 7 N–H and O–H groups in total. The number of aromatic carboxylic acids is 2. The van der Waals surface area contributed by atoms with Crippen LogP contribution >= 0.6 is 42.4 Å². The van der Waals surface area contributed by atoms with E-state index in [2.05, 4.69) is 39.0 Å². The van der Waals surface area contributed by atoms with Gasteiger partial charge in [0.1, 0.15) is 36.0 Å². The molecule has 1 aromatic heterocycles. The number of aromatic nitrogens is 3. The van der Waals surface area contributed by atoms with E-state index in [0.717, 1.165) is 36.4 Å². The van der Waals surface area contributed by atoms with Gasteiger partial charge in [0, 0.05) is 18.6 Å². The van der Waals surface area contributed by atoms with Crippen LogP contribution in [0.4, 0.5) is 42.8 Å². The normalized spacial score (nSPS) is 11.7. The number of rotatable bonds is 16. The number of alkyl halides is 6. The number of anilines is 1. The lowest BCUT2D eigenvalue weighted by molar-refractivity contribution is -0.385. The number of carbonyl (C=O) groups is 4. The minimum absolute atomic E-state index is 0.0715. The Labute approximate surface area is 462 Å². The SMILES string of the molecule is COc1c(Cl)ccc(Cl)c1C(=O)O.COc1nc(C)nc(NC(=O)NS(=O)(=O)c2ccccc2CCC(F)(F)F)n1.C[S+](C)C.O=C(O)CNCP(=O)([O-])O.O=C(O)c1cc(Oc2ccc(C(F)(F)F)cc2Cl)ccc1[N+](=O)[O-]. The molecular weight excluding hydrogens is 1200 g/mol. The van der Waals surface area contributed by atoms with E-state index in [0.29, 0.717) is 17.0 Å². The van der Waals surface area contributed by atoms with Gasteiger partial charge in [-0.1, -0.05) is 53.0 Å². The topological polar surface area (TPSA) is 369 Å². The summed E-state index contributed by atoms with van der Waals surface area (Å²) in [5, 5.41) is 40.6. The average molecular weight is 1250 g/mol. The number of amides is 2. The van der Waals surface area contributed by atoms with Crippen molar-refractivity contribution in [2.45, 2.75) is 37.0 Å². The average Bonchev–Trinajstić information content (AvgIpc) is 3.31. The molecule has 1 unspecified atom stereocenters. The van der Waals surface area contributed by atoms with Crippen LogP contribution in [0.25, 0.3) is 0 Å². The lowest BCUT2D eigenvalue weighted by atomic mass is 10.1. The zero-order chi connectivity index (χ0) is 60.8. The summed E-state index contributed by atoms with van der Waals surface area (Å²) in [6.45, 7) is 1.02. The second-order valence-electron chi connectivity index (χ2n) is 15.0. The number of carboxylic acids is 3. The molecule has 0 radical (unpaired) electrons. The van der Waals surface area contributed by atoms with Crippen molar-refractivity contribution in [2.75, 3.05) is 51.1 Å². The van der Waals surface area contributed by atoms with Crippen LogP contribution in [0.2, 0.25) is 15.1 Å². The summed E-state index contributed by atoms with van der Waals surface area (Å²) in [7, 11) is -5.51. The van der Waals surface area contributed by atoms with Gasteiger partial charge in [0.2, 0.25) is 5.95 Å². The maximum absolute atomic E-state index is 12.6. The fourth-order valence-corrected chi connectivity index (χ4v) is 7.45. The number of carbonyl (C=O) groups excluding carboxylic acids is 1. The van der Waals surface area contributed by atoms with E-state index in [4.69, 9.17) is 69.2 Å². The predicted octanol–water partition coefficient (Wildman–Crippen LogP) is 8.31. The summed E-state index contributed by atoms with van der Waals surface area (Å²) < 4.78 is 126. The number of carboxylic acid groups (broad SMARTS) is 3. The number of nitro benzene ring substituents is 1. The van der Waals surface area contributed by atoms with Gasteiger partial charge in [-0.15, -0.1) is 0 Å². The minimum atomic E-state index is -4.58. The van der Waals surface area contributed by atoms with Gasteiger partial charge in [-0.3, -0.25) is 25.5 Å². The molecule has 0 saturated heterocycles. The summed E-state index contributed by atoms with van der Waals surface area (Å²) in [5.74, 6) is -4.13. The van der Waals surface area contributed by atoms with Crippen molar-refractivity contribution in [1.82, 2.24) is 25.0 Å². The smallest absolute Gasteiger partial charge is 0.416 e. The third kappa shape index (κ3) is 26.6. The number of nitro groups is 1. The third-order valence-corrected chi connectivity index (χ3v) is 11.2. The molecule has 24 nitrogen and oxygen atoms in total. The van der Waals surface area contributed by atoms with Gasteiger partial charge in [0.05, 0.1) is 76.3 Å². The third-order valence-electron chi connectivity index (χ3n) is 8.25. The number of benzene rings is 4. The second-order valence-corrected chi connectivity index (χ2v) is 22.0. The molecule has 4 aromatic carbocycles. The van der Waals surface area contributed by atoms with Crippen molar-refractivity contribution < 1.29 is 103 Å². The van der Waals surface area contributed by atoms with Crippen LogP contribution in [-0.4, -0.2) is 124 Å². The van der Waals surface area contributed by atoms with Crippen LogP contribution in [0.15, 0.2) is 77.7 Å². The number of methoxy groups -OCH3 is 2. The van der Waals surface area contributed by atoms with E-state index >= 15 is 0 Å². The zero-order valence-corrected chi connectivity index (χ0v) is 46.1. The summed E-state index contributed by atoms with van der Waals surface area (Å²) in [6, 6.07) is 12.0. The van der Waals surface area contributed by atoms with Gasteiger partial charge < -0.3 is 43.9 Å². The van der Waals surface area contributed by atoms with Gasteiger partial charge in [-0.2, -0.15) is 41.3 Å². The Morgan fingerprint density at radius 3 is 1.91 bits per heavy atom. The molecular formula is C43H45Cl3F6N7O17PS2. The molecule has 79 heavy (non-hydrogen) atoms. The van der Waals surface area contributed by atoms with E-state index in [9.17, 15) is 73.5 Å². The molecule has 1 heterocycles. The quantitative estimate of drug-likeness (QED) is 0.0160. The first-order valence-electron chi connectivity index (χ1n) is 20.8. The first kappa shape index (κ1) is 70.2. The second kappa shape index (κ2) is 31.7. The predicted molar refractivity (Wildman–Crippen MR) is 273 cm³/mol. The van der Waals surface area contributed by atoms with Gasteiger partial charge >= 0.3 is 42.3 Å². The monoisotopic (exact) mass is 1250 g/mol. The molecule has 2 amide bonds. The van der Waals surface area contributed by atoms with Crippen LogP contribution in [-0.2, 0) is 42.9 Å². The minimum Gasteiger partial charge on any atom is -0.778 e. The Balaban J connectivity index is 0.000000549. The maximum atomic E-state index is 12.6. The number of halogens is 9. The molecule has 36 heteroatoms. The number of aryl methyl sites for hydroxylation is 2. The molecule has 0 aliphatic rings. The van der Waals surface area contributed by atoms with Crippen LogP contribution < -0.4 is 34.5 Å². The fourth-order valence-electron chi connectivity index (χ4n) is 5.19. The lowest BCUT2D eigenvalue weighted by Gasteiger charge is -2.14. The van der Waals surface area contributed by atoms with Crippen LogP contribution in [0.5, 0.6) is 23.3 Å². The summed E-state index contributed by atoms with van der Waals surface area (Å²) in [6.07, 6.45) is -4.90. The highest BCUT2D eigenvalue weighted by molar-refractivity contribution is 7.94. The molecule has 1 atom stereocenters. The van der Waals surface area contributed by atoms with Gasteiger partial charge in [-0.05, 0) is 72.3 Å². The highest BCUT2D eigenvalue weighted by Crippen LogP contribution is 2.38. The summed E-state index contributed by atoms with van der Waals surface area (Å²) in [4.78, 5) is 82.3. The molecule has 5 aromatic rings. The van der Waals surface area contributed by atoms with Gasteiger partial charge in [0.25, 0.3) is 15.7 Å². The number of aliphatic carboxylic acids is 1. The molecule has 0 fully saturated rings. The Hall–Kier alpha value is -6.77. The standard InChI is InChI=1S/C15H16F3N5O4S.C14H7ClF3NO5.C8H6Cl2O3.C3H8NO5P.C3H9S/c1-9-19-12(22-14(20-9)27-2)21-13(24)23-28(25,26)11-6-4-3-5-10(11)7-8-15(16,17)18;15-10-5-7(14(16,17)18)1-4-12(10)24-8-2-3-11(19(22)23)9(6-8)13(20)21;1-13-7-5(10)3-2-4(9)6(7)8(11)12;5-3(6)1-4-2-10(7,8)9;1-4(2)3/h3-6H,7-8H2,1-2H3,(H2,19,20,21,22,23,24);1-6H,(H,20,21);2-3H,1H3,(H,11,12);4H,1-2H2,(H,5,6)(H2,7,8,9);1-3H3/q;;;;+1/p-1. The van der Waals surface area contributed by atoms with E-state index in [1.54, 1.807) is 4.72 Å². The summed E-state index contributed by atoms with van der Waals surface area (Å²) >= 11 is 17.1. The largest absolute Gasteiger partial charge is 0.778 e. The van der Waals surface area contributed by atoms with Gasteiger partial charge in [-0.25, -0.2) is 27.5 Å². The Morgan fingerprint density at radius 1 is 0.835 bits per heavy atom. The van der Waals surface area contributed by atoms with Gasteiger partial charge in [0.15, 0.2) is 5.75 Å². The first-order chi connectivity index (χ1) is 36.3. The first-order valence-corrected chi connectivity index (χ1v) is 27.7. The lowest BCUT2D eigenvalue weighted by Crippen LogP contribution is -2.35. The highest BCUT2D eigenvalue weighted by atomic mass is 35.5. The molecule has 0 spiro atoms. The van der Waals surface area contributed by atoms with Crippen LogP contribution in [0.1, 0.15) is 44.1 Å². The maximum Gasteiger partial charge on any atom is 0.416 e. The molecule has 0 saturated carbocycles. The summed E-state index contributed by atoms with van der Waals surface area (Å²) in [5.41, 5.74) is -2.43. The Bertz CT molecular complexity index is 3110. The number of nitrogens with one attached hydrogen (secondary N) is 3. The molecule has 5 rings (SSSR count). The fraction of sp³-hybridized carbons (Fsp3) is 0.279. The van der Waals surface area contributed by atoms with Crippen LogP contribution in [0, 0.1) is 17.0 Å². The molecule has 434 valence electrons. The van der Waals surface area contributed by atoms with E-state index in [-0.39, 0.29) is 61.2 Å². The van der Waals surface area contributed by atoms with Crippen molar-refractivity contribution in [2.24, 2.45) is 0 Å². The molecule has 0 aliphatic carbocycles. The highest BCUT2D eigenvalue weighted by Gasteiger charge is 2.32. The van der Waals surface area contributed by atoms with E-state index in [1.165, 1.54) is 51.5 Å². The van der Waals surface area contributed by atoms with E-state index < -0.39 is 106 Å². The zero-order valence-electron chi connectivity index (χ0n) is 41.3. The van der Waals surface area contributed by atoms with Crippen molar-refractivity contribution in [3.63, 3.8) is 0 Å². The molecule has 0 aliphatic heterocycles.